The first-order chi connectivity index (χ1) is 16.8. The number of imidazole rings is 1. The average Bonchev–Trinajstić information content (AvgIpc) is 3.26. The second-order valence-electron chi connectivity index (χ2n) is 9.48. The van der Waals surface area contributed by atoms with E-state index >= 15 is 0 Å². The van der Waals surface area contributed by atoms with Crippen LogP contribution in [0.4, 0.5) is 11.4 Å². The van der Waals surface area contributed by atoms with Gasteiger partial charge in [-0.2, -0.15) is 4.31 Å². The molecule has 1 atom stereocenters. The fourth-order valence-electron chi connectivity index (χ4n) is 5.03. The maximum atomic E-state index is 13.2. The number of piperazine rings is 1. The summed E-state index contributed by atoms with van der Waals surface area (Å²) < 4.78 is 29.8. The molecule has 0 radical (unpaired) electrons. The average molecular weight is 499 g/mol. The number of nitro benzene ring substituents is 1. The Morgan fingerprint density at radius 3 is 2.63 bits per heavy atom. The Labute approximate surface area is 205 Å². The van der Waals surface area contributed by atoms with Gasteiger partial charge in [0.2, 0.25) is 10.0 Å². The van der Waals surface area contributed by atoms with Crippen molar-refractivity contribution < 1.29 is 13.3 Å². The van der Waals surface area contributed by atoms with Crippen LogP contribution in [0.2, 0.25) is 0 Å². The second-order valence-corrected chi connectivity index (χ2v) is 11.4. The van der Waals surface area contributed by atoms with E-state index in [0.29, 0.717) is 38.4 Å². The SMILES string of the molecule is CC1CCCN(S(=O)(=O)c2ccc(N3CCN(Cc4cn5ccccc5n4)CC3)c([N+](=O)[O-])c2)C1. The molecule has 5 rings (SSSR count). The number of nitro groups is 1. The summed E-state index contributed by atoms with van der Waals surface area (Å²) in [5.74, 6) is 0.282. The summed E-state index contributed by atoms with van der Waals surface area (Å²) in [5.41, 5.74) is 2.20. The van der Waals surface area contributed by atoms with Crippen LogP contribution < -0.4 is 4.90 Å². The zero-order valence-electron chi connectivity index (χ0n) is 19.8. The molecule has 2 aliphatic heterocycles. The summed E-state index contributed by atoms with van der Waals surface area (Å²) in [4.78, 5) is 20.3. The number of hydrogen-bond acceptors (Lipinski definition) is 7. The van der Waals surface area contributed by atoms with E-state index < -0.39 is 14.9 Å². The van der Waals surface area contributed by atoms with Crippen LogP contribution in [0.1, 0.15) is 25.5 Å². The predicted molar refractivity (Wildman–Crippen MR) is 133 cm³/mol. The van der Waals surface area contributed by atoms with E-state index in [1.807, 2.05) is 46.8 Å². The summed E-state index contributed by atoms with van der Waals surface area (Å²) in [6.45, 7) is 6.34. The lowest BCUT2D eigenvalue weighted by Gasteiger charge is -2.35. The van der Waals surface area contributed by atoms with Gasteiger partial charge in [0.25, 0.3) is 5.69 Å². The summed E-state index contributed by atoms with van der Waals surface area (Å²) in [6, 6.07) is 10.2. The molecule has 2 fully saturated rings. The molecule has 11 heteroatoms. The van der Waals surface area contributed by atoms with Crippen molar-refractivity contribution in [3.8, 4) is 0 Å². The Kier molecular flexibility index (Phi) is 6.47. The number of fused-ring (bicyclic) bond motifs is 1. The van der Waals surface area contributed by atoms with Crippen molar-refractivity contribution >= 4 is 27.0 Å². The summed E-state index contributed by atoms with van der Waals surface area (Å²) in [5, 5.41) is 11.9. The topological polar surface area (TPSA) is 104 Å². The number of piperidine rings is 1. The van der Waals surface area contributed by atoms with Crippen LogP contribution in [0.15, 0.2) is 53.7 Å². The Hall–Kier alpha value is -3.02. The van der Waals surface area contributed by atoms with E-state index in [2.05, 4.69) is 9.88 Å². The minimum atomic E-state index is -3.76. The number of anilines is 1. The van der Waals surface area contributed by atoms with Crippen molar-refractivity contribution in [3.63, 3.8) is 0 Å². The van der Waals surface area contributed by atoms with Crippen LogP contribution in [0.5, 0.6) is 0 Å². The van der Waals surface area contributed by atoms with Gasteiger partial charge in [-0.15, -0.1) is 0 Å². The normalized spacial score (nSPS) is 20.4. The van der Waals surface area contributed by atoms with E-state index in [1.54, 1.807) is 6.07 Å². The molecular weight excluding hydrogens is 468 g/mol. The first kappa shape index (κ1) is 23.7. The highest BCUT2D eigenvalue weighted by Gasteiger charge is 2.32. The van der Waals surface area contributed by atoms with Crippen molar-refractivity contribution in [2.45, 2.75) is 31.2 Å². The van der Waals surface area contributed by atoms with Crippen molar-refractivity contribution in [2.24, 2.45) is 5.92 Å². The lowest BCUT2D eigenvalue weighted by atomic mass is 10.0. The Morgan fingerprint density at radius 1 is 1.11 bits per heavy atom. The zero-order valence-corrected chi connectivity index (χ0v) is 20.6. The number of nitrogens with zero attached hydrogens (tertiary/aromatic N) is 6. The van der Waals surface area contributed by atoms with Crippen LogP contribution in [0, 0.1) is 16.0 Å². The summed E-state index contributed by atoms with van der Waals surface area (Å²) >= 11 is 0. The largest absolute Gasteiger partial charge is 0.363 e. The molecule has 0 aliphatic carbocycles. The molecular formula is C24H30N6O4S. The first-order valence-electron chi connectivity index (χ1n) is 12.0. The second kappa shape index (κ2) is 9.56. The van der Waals surface area contributed by atoms with Crippen molar-refractivity contribution in [1.29, 1.82) is 0 Å². The van der Waals surface area contributed by atoms with Crippen LogP contribution in [-0.2, 0) is 16.6 Å². The number of rotatable bonds is 6. The molecule has 1 unspecified atom stereocenters. The molecule has 10 nitrogen and oxygen atoms in total. The Morgan fingerprint density at radius 2 is 1.91 bits per heavy atom. The number of benzene rings is 1. The Bertz CT molecular complexity index is 1300. The maximum Gasteiger partial charge on any atom is 0.293 e. The molecule has 1 aromatic carbocycles. The van der Waals surface area contributed by atoms with E-state index in [9.17, 15) is 18.5 Å². The standard InChI is InChI=1S/C24H30N6O4S/c1-19-5-4-10-29(16-19)35(33,34)21-7-8-22(23(15-21)30(31)32)27-13-11-26(12-14-27)17-20-18-28-9-3-2-6-24(28)25-20/h2-3,6-9,15,18-19H,4-5,10-14,16-17H2,1H3. The number of sulfonamides is 1. The third kappa shape index (κ3) is 4.89. The molecule has 2 aliphatic rings. The van der Waals surface area contributed by atoms with E-state index in [4.69, 9.17) is 0 Å². The van der Waals surface area contributed by atoms with Crippen LogP contribution >= 0.6 is 0 Å². The minimum Gasteiger partial charge on any atom is -0.363 e. The quantitative estimate of drug-likeness (QED) is 0.380. The molecule has 4 heterocycles. The highest BCUT2D eigenvalue weighted by Crippen LogP contribution is 2.33. The van der Waals surface area contributed by atoms with E-state index in [1.165, 1.54) is 16.4 Å². The van der Waals surface area contributed by atoms with Gasteiger partial charge < -0.3 is 9.30 Å². The summed E-state index contributed by atoms with van der Waals surface area (Å²) in [7, 11) is -3.76. The first-order valence-corrected chi connectivity index (χ1v) is 13.4. The molecule has 2 aromatic heterocycles. The molecule has 0 spiro atoms. The van der Waals surface area contributed by atoms with E-state index in [-0.39, 0.29) is 16.5 Å². The van der Waals surface area contributed by atoms with Gasteiger partial charge in [-0.05, 0) is 43.0 Å². The summed E-state index contributed by atoms with van der Waals surface area (Å²) in [6.07, 6.45) is 5.79. The Balaban J connectivity index is 1.29. The van der Waals surface area contributed by atoms with Gasteiger partial charge in [0.1, 0.15) is 11.3 Å². The fraction of sp³-hybridized carbons (Fsp3) is 0.458. The number of pyridine rings is 1. The van der Waals surface area contributed by atoms with Gasteiger partial charge in [-0.3, -0.25) is 15.0 Å². The van der Waals surface area contributed by atoms with Crippen LogP contribution in [0.3, 0.4) is 0 Å². The van der Waals surface area contributed by atoms with Crippen LogP contribution in [-0.4, -0.2) is 71.2 Å². The molecule has 0 saturated carbocycles. The molecule has 0 amide bonds. The third-order valence-electron chi connectivity index (χ3n) is 6.91. The number of aromatic nitrogens is 2. The van der Waals surface area contributed by atoms with Crippen molar-refractivity contribution in [1.82, 2.24) is 18.6 Å². The number of hydrogen-bond donors (Lipinski definition) is 0. The molecule has 186 valence electrons. The van der Waals surface area contributed by atoms with Gasteiger partial charge >= 0.3 is 0 Å². The molecule has 2 saturated heterocycles. The molecule has 0 N–H and O–H groups in total. The molecule has 0 bridgehead atoms. The maximum absolute atomic E-state index is 13.2. The fourth-order valence-corrected chi connectivity index (χ4v) is 6.65. The van der Waals surface area contributed by atoms with Crippen LogP contribution in [0.25, 0.3) is 5.65 Å². The van der Waals surface area contributed by atoms with Gasteiger partial charge in [0.05, 0.1) is 15.5 Å². The van der Waals surface area contributed by atoms with Gasteiger partial charge in [0, 0.05) is 64.3 Å². The minimum absolute atomic E-state index is 0.00691. The zero-order chi connectivity index (χ0) is 24.6. The monoisotopic (exact) mass is 498 g/mol. The smallest absolute Gasteiger partial charge is 0.293 e. The van der Waals surface area contributed by atoms with E-state index in [0.717, 1.165) is 37.3 Å². The molecule has 3 aromatic rings. The molecule has 35 heavy (non-hydrogen) atoms. The van der Waals surface area contributed by atoms with Crippen molar-refractivity contribution in [3.05, 3.63) is 64.6 Å². The lowest BCUT2D eigenvalue weighted by Crippen LogP contribution is -2.46. The predicted octanol–water partition coefficient (Wildman–Crippen LogP) is 2.99. The third-order valence-corrected chi connectivity index (χ3v) is 8.77. The van der Waals surface area contributed by atoms with Crippen molar-refractivity contribution in [2.75, 3.05) is 44.2 Å². The van der Waals surface area contributed by atoms with Gasteiger partial charge in [-0.25, -0.2) is 13.4 Å². The van der Waals surface area contributed by atoms with Gasteiger partial charge in [0.15, 0.2) is 0 Å². The highest BCUT2D eigenvalue weighted by atomic mass is 32.2. The van der Waals surface area contributed by atoms with Gasteiger partial charge in [-0.1, -0.05) is 13.0 Å². The lowest BCUT2D eigenvalue weighted by molar-refractivity contribution is -0.384. The highest BCUT2D eigenvalue weighted by molar-refractivity contribution is 7.89.